The van der Waals surface area contributed by atoms with Gasteiger partial charge in [-0.2, -0.15) is 0 Å². The third kappa shape index (κ3) is 3.36. The molecule has 0 aliphatic heterocycles. The molecule has 1 aromatic rings. The Morgan fingerprint density at radius 1 is 1.60 bits per heavy atom. The average Bonchev–Trinajstić information content (AvgIpc) is 2.26. The van der Waals surface area contributed by atoms with Crippen molar-refractivity contribution in [2.45, 2.75) is 6.92 Å². The highest BCUT2D eigenvalue weighted by molar-refractivity contribution is 6.25. The van der Waals surface area contributed by atoms with Crippen molar-refractivity contribution < 1.29 is 13.9 Å². The van der Waals surface area contributed by atoms with Gasteiger partial charge in [0.05, 0.1) is 5.56 Å². The van der Waals surface area contributed by atoms with Crippen molar-refractivity contribution in [1.29, 1.82) is 0 Å². The molecule has 0 unspecified atom stereocenters. The van der Waals surface area contributed by atoms with Crippen LogP contribution in [-0.4, -0.2) is 12.9 Å². The van der Waals surface area contributed by atoms with E-state index in [0.717, 1.165) is 11.6 Å². The predicted octanol–water partition coefficient (Wildman–Crippen LogP) is 3.16. The number of hydrogen-bond acceptors (Lipinski definition) is 2. The van der Waals surface area contributed by atoms with E-state index in [2.05, 4.69) is 0 Å². The Kier molecular flexibility index (Phi) is 4.31. The first-order chi connectivity index (χ1) is 7.17. The molecule has 0 saturated carbocycles. The highest BCUT2D eigenvalue weighted by Gasteiger charge is 2.04. The summed E-state index contributed by atoms with van der Waals surface area (Å²) in [5.41, 5.74) is 2.40. The predicted molar refractivity (Wildman–Crippen MR) is 56.9 cm³/mol. The molecule has 0 aliphatic carbocycles. The molecule has 0 radical (unpaired) electrons. The maximum absolute atomic E-state index is 12.8. The van der Waals surface area contributed by atoms with Crippen molar-refractivity contribution >= 4 is 17.9 Å². The number of rotatable bonds is 4. The van der Waals surface area contributed by atoms with Gasteiger partial charge in [-0.1, -0.05) is 11.6 Å². The van der Waals surface area contributed by atoms with Crippen molar-refractivity contribution in [2.75, 3.05) is 6.61 Å². The Bertz CT molecular complexity index is 388. The highest BCUT2D eigenvalue weighted by atomic mass is 35.5. The number of aldehydes is 1. The van der Waals surface area contributed by atoms with Crippen molar-refractivity contribution in [3.63, 3.8) is 0 Å². The van der Waals surface area contributed by atoms with E-state index in [4.69, 9.17) is 16.3 Å². The zero-order valence-electron chi connectivity index (χ0n) is 8.17. The van der Waals surface area contributed by atoms with Gasteiger partial charge < -0.3 is 4.74 Å². The number of carbonyl (C=O) groups is 1. The van der Waals surface area contributed by atoms with Gasteiger partial charge in [-0.3, -0.25) is 4.79 Å². The van der Waals surface area contributed by atoms with Gasteiger partial charge in [0, 0.05) is 5.54 Å². The molecule has 4 heteroatoms. The number of hydrogen-bond donors (Lipinski definition) is 0. The monoisotopic (exact) mass is 228 g/mol. The summed E-state index contributed by atoms with van der Waals surface area (Å²) in [6.07, 6.45) is 0.554. The van der Waals surface area contributed by atoms with Crippen molar-refractivity contribution in [2.24, 2.45) is 0 Å². The van der Waals surface area contributed by atoms with Crippen LogP contribution in [0.15, 0.2) is 29.3 Å². The summed E-state index contributed by atoms with van der Waals surface area (Å²) >= 11 is 5.45. The smallest absolute Gasteiger partial charge is 0.153 e. The van der Waals surface area contributed by atoms with Crippen LogP contribution in [0, 0.1) is 5.82 Å². The summed E-state index contributed by atoms with van der Waals surface area (Å²) in [6, 6.07) is 3.78. The van der Waals surface area contributed by atoms with Gasteiger partial charge in [-0.25, -0.2) is 4.39 Å². The number of ether oxygens (including phenoxy) is 1. The molecule has 0 saturated heterocycles. The first-order valence-electron chi connectivity index (χ1n) is 4.30. The summed E-state index contributed by atoms with van der Waals surface area (Å²) in [5, 5.41) is 0. The van der Waals surface area contributed by atoms with Gasteiger partial charge in [-0.05, 0) is 30.7 Å². The first kappa shape index (κ1) is 11.7. The number of carbonyl (C=O) groups excluding carboxylic acids is 1. The summed E-state index contributed by atoms with van der Waals surface area (Å²) in [7, 11) is 0. The summed E-state index contributed by atoms with van der Waals surface area (Å²) < 4.78 is 18.0. The molecule has 15 heavy (non-hydrogen) atoms. The van der Waals surface area contributed by atoms with Crippen LogP contribution in [0.5, 0.6) is 5.75 Å². The second-order valence-electron chi connectivity index (χ2n) is 3.04. The Labute approximate surface area is 92.3 Å². The van der Waals surface area contributed by atoms with Crippen LogP contribution in [0.25, 0.3) is 0 Å². The molecular weight excluding hydrogens is 219 g/mol. The van der Waals surface area contributed by atoms with Crippen molar-refractivity contribution in [1.82, 2.24) is 0 Å². The van der Waals surface area contributed by atoms with E-state index >= 15 is 0 Å². The van der Waals surface area contributed by atoms with E-state index < -0.39 is 5.82 Å². The van der Waals surface area contributed by atoms with Crippen LogP contribution >= 0.6 is 11.6 Å². The minimum Gasteiger partial charge on any atom is -0.488 e. The first-order valence-corrected chi connectivity index (χ1v) is 4.74. The topological polar surface area (TPSA) is 26.3 Å². The van der Waals surface area contributed by atoms with Crippen LogP contribution in [0.4, 0.5) is 4.39 Å². The van der Waals surface area contributed by atoms with Crippen molar-refractivity contribution in [3.05, 3.63) is 40.7 Å². The molecular formula is C11H10ClFO2. The molecule has 0 amide bonds. The zero-order chi connectivity index (χ0) is 11.3. The van der Waals surface area contributed by atoms with E-state index in [-0.39, 0.29) is 12.2 Å². The third-order valence-electron chi connectivity index (χ3n) is 1.74. The largest absolute Gasteiger partial charge is 0.488 e. The van der Waals surface area contributed by atoms with Gasteiger partial charge in [0.1, 0.15) is 18.2 Å². The lowest BCUT2D eigenvalue weighted by molar-refractivity contribution is 0.111. The lowest BCUT2D eigenvalue weighted by Gasteiger charge is -2.07. The fraction of sp³-hybridized carbons (Fsp3) is 0.182. The molecule has 0 heterocycles. The molecule has 0 N–H and O–H groups in total. The third-order valence-corrected chi connectivity index (χ3v) is 2.11. The lowest BCUT2D eigenvalue weighted by Crippen LogP contribution is -2.01. The van der Waals surface area contributed by atoms with E-state index in [1.54, 1.807) is 6.92 Å². The molecule has 80 valence electrons. The molecule has 1 aromatic carbocycles. The SMILES string of the molecule is C/C(=C/Cl)COc1ccc(F)cc1C=O. The summed E-state index contributed by atoms with van der Waals surface area (Å²) in [6.45, 7) is 2.06. The Balaban J connectivity index is 2.80. The Hall–Kier alpha value is -1.35. The van der Waals surface area contributed by atoms with E-state index in [1.807, 2.05) is 0 Å². The second-order valence-corrected chi connectivity index (χ2v) is 3.26. The van der Waals surface area contributed by atoms with Crippen LogP contribution in [0.1, 0.15) is 17.3 Å². The van der Waals surface area contributed by atoms with Crippen LogP contribution in [0.3, 0.4) is 0 Å². The number of halogens is 2. The summed E-state index contributed by atoms with van der Waals surface area (Å²) in [5.74, 6) is -0.113. The van der Waals surface area contributed by atoms with E-state index in [1.165, 1.54) is 17.7 Å². The number of benzene rings is 1. The van der Waals surface area contributed by atoms with Crippen molar-refractivity contribution in [3.8, 4) is 5.75 Å². The van der Waals surface area contributed by atoms with Crippen LogP contribution < -0.4 is 4.74 Å². The maximum Gasteiger partial charge on any atom is 0.153 e. The fourth-order valence-electron chi connectivity index (χ4n) is 0.966. The van der Waals surface area contributed by atoms with Gasteiger partial charge in [0.25, 0.3) is 0 Å². The molecule has 0 fully saturated rings. The molecule has 0 spiro atoms. The molecule has 0 bridgehead atoms. The van der Waals surface area contributed by atoms with Gasteiger partial charge in [0.15, 0.2) is 6.29 Å². The maximum atomic E-state index is 12.8. The molecule has 1 rings (SSSR count). The van der Waals surface area contributed by atoms with Gasteiger partial charge in [0.2, 0.25) is 0 Å². The Morgan fingerprint density at radius 2 is 2.33 bits per heavy atom. The standard InChI is InChI=1S/C11H10ClFO2/c1-8(5-12)7-15-11-3-2-10(13)4-9(11)6-14/h2-6H,7H2,1H3/b8-5-. The molecule has 0 atom stereocenters. The minimum atomic E-state index is -0.464. The molecule has 2 nitrogen and oxygen atoms in total. The quantitative estimate of drug-likeness (QED) is 0.740. The Morgan fingerprint density at radius 3 is 2.93 bits per heavy atom. The normalized spacial score (nSPS) is 11.3. The van der Waals surface area contributed by atoms with Gasteiger partial charge in [-0.15, -0.1) is 0 Å². The van der Waals surface area contributed by atoms with Crippen LogP contribution in [0.2, 0.25) is 0 Å². The second kappa shape index (κ2) is 5.51. The highest BCUT2D eigenvalue weighted by Crippen LogP contribution is 2.18. The average molecular weight is 229 g/mol. The summed E-state index contributed by atoms with van der Waals surface area (Å²) in [4.78, 5) is 10.6. The van der Waals surface area contributed by atoms with Gasteiger partial charge >= 0.3 is 0 Å². The lowest BCUT2D eigenvalue weighted by atomic mass is 10.2. The zero-order valence-corrected chi connectivity index (χ0v) is 8.92. The van der Waals surface area contributed by atoms with E-state index in [9.17, 15) is 9.18 Å². The van der Waals surface area contributed by atoms with Crippen LogP contribution in [-0.2, 0) is 0 Å². The minimum absolute atomic E-state index is 0.192. The molecule has 0 aliphatic rings. The molecule has 0 aromatic heterocycles. The van der Waals surface area contributed by atoms with E-state index in [0.29, 0.717) is 12.0 Å². The fourth-order valence-corrected chi connectivity index (χ4v) is 1.03.